The van der Waals surface area contributed by atoms with Crippen LogP contribution in [0.2, 0.25) is 0 Å². The van der Waals surface area contributed by atoms with E-state index in [9.17, 15) is 4.79 Å². The van der Waals surface area contributed by atoms with Gasteiger partial charge < -0.3 is 10.6 Å². The monoisotopic (exact) mass is 256 g/mol. The zero-order valence-corrected chi connectivity index (χ0v) is 11.2. The van der Waals surface area contributed by atoms with E-state index >= 15 is 0 Å². The van der Waals surface area contributed by atoms with Gasteiger partial charge in [0, 0.05) is 11.2 Å². The summed E-state index contributed by atoms with van der Waals surface area (Å²) in [4.78, 5) is 11.6. The summed E-state index contributed by atoms with van der Waals surface area (Å²) in [5, 5.41) is 23.4. The molecule has 0 atom stereocenters. The molecule has 2 N–H and O–H groups in total. The van der Waals surface area contributed by atoms with Crippen LogP contribution in [0.4, 0.5) is 5.69 Å². The molecule has 0 aromatic heterocycles. The van der Waals surface area contributed by atoms with Crippen molar-refractivity contribution in [1.29, 1.82) is 10.5 Å². The minimum Gasteiger partial charge on any atom is -0.376 e. The average molecular weight is 256 g/mol. The van der Waals surface area contributed by atoms with Crippen LogP contribution in [-0.2, 0) is 4.79 Å². The Bertz CT molecular complexity index is 558. The maximum atomic E-state index is 11.6. The van der Waals surface area contributed by atoms with E-state index in [1.54, 1.807) is 18.2 Å². The summed E-state index contributed by atoms with van der Waals surface area (Å²) in [7, 11) is 0. The largest absolute Gasteiger partial charge is 0.376 e. The number of benzene rings is 1. The first-order valence-electron chi connectivity index (χ1n) is 5.85. The molecule has 0 fully saturated rings. The van der Waals surface area contributed by atoms with Crippen molar-refractivity contribution in [3.63, 3.8) is 0 Å². The number of hydrogen-bond acceptors (Lipinski definition) is 4. The highest BCUT2D eigenvalue weighted by molar-refractivity contribution is 5.81. The molecule has 1 rings (SSSR count). The number of hydrogen-bond donors (Lipinski definition) is 2. The third-order valence-electron chi connectivity index (χ3n) is 2.23. The van der Waals surface area contributed by atoms with Crippen molar-refractivity contribution in [3.05, 3.63) is 29.3 Å². The van der Waals surface area contributed by atoms with Crippen molar-refractivity contribution in [2.24, 2.45) is 0 Å². The smallest absolute Gasteiger partial charge is 0.239 e. The van der Waals surface area contributed by atoms with Crippen molar-refractivity contribution in [2.45, 2.75) is 26.3 Å². The van der Waals surface area contributed by atoms with Gasteiger partial charge in [-0.25, -0.2) is 0 Å². The van der Waals surface area contributed by atoms with Crippen LogP contribution in [0.25, 0.3) is 0 Å². The second kappa shape index (κ2) is 5.88. The van der Waals surface area contributed by atoms with E-state index < -0.39 is 0 Å². The van der Waals surface area contributed by atoms with Gasteiger partial charge in [-0.1, -0.05) is 0 Å². The molecule has 0 heterocycles. The first kappa shape index (κ1) is 14.5. The van der Waals surface area contributed by atoms with E-state index in [-0.39, 0.29) is 18.0 Å². The Labute approximate surface area is 112 Å². The Balaban J connectivity index is 2.68. The lowest BCUT2D eigenvalue weighted by atomic mass is 10.1. The quantitative estimate of drug-likeness (QED) is 0.862. The van der Waals surface area contributed by atoms with Crippen LogP contribution in [0.1, 0.15) is 31.9 Å². The average Bonchev–Trinajstić information content (AvgIpc) is 2.33. The van der Waals surface area contributed by atoms with Gasteiger partial charge in [0.2, 0.25) is 5.91 Å². The van der Waals surface area contributed by atoms with E-state index in [4.69, 9.17) is 10.5 Å². The highest BCUT2D eigenvalue weighted by Gasteiger charge is 2.13. The van der Waals surface area contributed by atoms with Crippen molar-refractivity contribution in [2.75, 3.05) is 11.9 Å². The molecule has 0 aliphatic heterocycles. The van der Waals surface area contributed by atoms with Crippen LogP contribution in [0.5, 0.6) is 0 Å². The normalized spacial score (nSPS) is 10.2. The fraction of sp³-hybridized carbons (Fsp3) is 0.357. The van der Waals surface area contributed by atoms with E-state index in [2.05, 4.69) is 10.6 Å². The molecule has 5 nitrogen and oxygen atoms in total. The minimum atomic E-state index is -0.277. The van der Waals surface area contributed by atoms with Gasteiger partial charge >= 0.3 is 0 Å². The van der Waals surface area contributed by atoms with Crippen LogP contribution < -0.4 is 10.6 Å². The molecule has 1 aromatic rings. The molecule has 0 saturated carbocycles. The van der Waals surface area contributed by atoms with Crippen LogP contribution in [-0.4, -0.2) is 18.0 Å². The molecule has 1 amide bonds. The molecule has 1 aromatic carbocycles. The van der Waals surface area contributed by atoms with Gasteiger partial charge in [0.1, 0.15) is 12.1 Å². The van der Waals surface area contributed by atoms with Gasteiger partial charge in [-0.2, -0.15) is 10.5 Å². The standard InChI is InChI=1S/C14H16N4O/c1-14(2,3)18-13(19)9-17-12-5-4-10(7-15)11(6-12)8-16/h4-6,17H,9H2,1-3H3,(H,18,19). The topological polar surface area (TPSA) is 88.7 Å². The van der Waals surface area contributed by atoms with E-state index in [1.807, 2.05) is 32.9 Å². The molecular weight excluding hydrogens is 240 g/mol. The Kier molecular flexibility index (Phi) is 4.50. The lowest BCUT2D eigenvalue weighted by molar-refractivity contribution is -0.120. The number of anilines is 1. The number of amides is 1. The maximum absolute atomic E-state index is 11.6. The minimum absolute atomic E-state index is 0.119. The molecule has 98 valence electrons. The maximum Gasteiger partial charge on any atom is 0.239 e. The molecule has 19 heavy (non-hydrogen) atoms. The van der Waals surface area contributed by atoms with Crippen LogP contribution >= 0.6 is 0 Å². The highest BCUT2D eigenvalue weighted by atomic mass is 16.2. The molecular formula is C14H16N4O. The fourth-order valence-corrected chi connectivity index (χ4v) is 1.49. The SMILES string of the molecule is CC(C)(C)NC(=O)CNc1ccc(C#N)c(C#N)c1. The summed E-state index contributed by atoms with van der Waals surface area (Å²) in [6, 6.07) is 8.68. The Morgan fingerprint density at radius 1 is 1.21 bits per heavy atom. The van der Waals surface area contributed by atoms with Gasteiger partial charge in [0.25, 0.3) is 0 Å². The molecule has 0 aliphatic carbocycles. The van der Waals surface area contributed by atoms with Gasteiger partial charge in [0.15, 0.2) is 0 Å². The molecule has 0 saturated heterocycles. The summed E-state index contributed by atoms with van der Waals surface area (Å²) >= 11 is 0. The van der Waals surface area contributed by atoms with Crippen LogP contribution in [0.3, 0.4) is 0 Å². The summed E-state index contributed by atoms with van der Waals surface area (Å²) in [6.07, 6.45) is 0. The van der Waals surface area contributed by atoms with Crippen molar-refractivity contribution in [1.82, 2.24) is 5.32 Å². The molecule has 0 unspecified atom stereocenters. The van der Waals surface area contributed by atoms with Gasteiger partial charge in [-0.05, 0) is 39.0 Å². The number of nitriles is 2. The summed E-state index contributed by atoms with van der Waals surface area (Å²) in [6.45, 7) is 5.83. The fourth-order valence-electron chi connectivity index (χ4n) is 1.49. The Morgan fingerprint density at radius 2 is 1.84 bits per heavy atom. The summed E-state index contributed by atoms with van der Waals surface area (Å²) < 4.78 is 0. The van der Waals surface area contributed by atoms with Crippen LogP contribution in [0, 0.1) is 22.7 Å². The number of rotatable bonds is 3. The van der Waals surface area contributed by atoms with E-state index in [1.165, 1.54) is 0 Å². The molecule has 0 spiro atoms. The third kappa shape index (κ3) is 4.69. The second-order valence-corrected chi connectivity index (χ2v) is 5.14. The number of carbonyl (C=O) groups excluding carboxylic acids is 1. The first-order chi connectivity index (χ1) is 8.85. The predicted molar refractivity (Wildman–Crippen MR) is 72.3 cm³/mol. The zero-order valence-electron chi connectivity index (χ0n) is 11.2. The van der Waals surface area contributed by atoms with Crippen molar-refractivity contribution >= 4 is 11.6 Å². The molecule has 5 heteroatoms. The third-order valence-corrected chi connectivity index (χ3v) is 2.23. The predicted octanol–water partition coefficient (Wildman–Crippen LogP) is 1.76. The summed E-state index contributed by atoms with van der Waals surface area (Å²) in [5.74, 6) is -0.129. The van der Waals surface area contributed by atoms with E-state index in [0.29, 0.717) is 16.8 Å². The van der Waals surface area contributed by atoms with Crippen molar-refractivity contribution < 1.29 is 4.79 Å². The second-order valence-electron chi connectivity index (χ2n) is 5.14. The van der Waals surface area contributed by atoms with Gasteiger partial charge in [-0.15, -0.1) is 0 Å². The van der Waals surface area contributed by atoms with Gasteiger partial charge in [-0.3, -0.25) is 4.79 Å². The molecule has 0 aliphatic rings. The molecule has 0 bridgehead atoms. The van der Waals surface area contributed by atoms with Crippen LogP contribution in [0.15, 0.2) is 18.2 Å². The number of nitrogens with zero attached hydrogens (tertiary/aromatic N) is 2. The molecule has 0 radical (unpaired) electrons. The highest BCUT2D eigenvalue weighted by Crippen LogP contribution is 2.14. The number of carbonyl (C=O) groups is 1. The zero-order chi connectivity index (χ0) is 14.5. The van der Waals surface area contributed by atoms with Gasteiger partial charge in [0.05, 0.1) is 17.7 Å². The lowest BCUT2D eigenvalue weighted by Gasteiger charge is -2.20. The Hall–Kier alpha value is -2.53. The lowest BCUT2D eigenvalue weighted by Crippen LogP contribution is -2.43. The first-order valence-corrected chi connectivity index (χ1v) is 5.85. The summed E-state index contributed by atoms with van der Waals surface area (Å²) in [5.41, 5.74) is 0.983. The number of nitrogens with one attached hydrogen (secondary N) is 2. The Morgan fingerprint density at radius 3 is 2.37 bits per heavy atom. The van der Waals surface area contributed by atoms with E-state index in [0.717, 1.165) is 0 Å². The van der Waals surface area contributed by atoms with Crippen molar-refractivity contribution in [3.8, 4) is 12.1 Å².